The van der Waals surface area contributed by atoms with Crippen LogP contribution in [0, 0.1) is 0 Å². The molecule has 0 amide bonds. The minimum Gasteiger partial charge on any atom is -0.406 e. The monoisotopic (exact) mass is 263 g/mol. The van der Waals surface area contributed by atoms with Crippen molar-refractivity contribution in [3.63, 3.8) is 0 Å². The number of nitrogens with zero attached hydrogens (tertiary/aromatic N) is 1. The molecule has 1 aromatic rings. The van der Waals surface area contributed by atoms with Crippen LogP contribution in [0.1, 0.15) is 12.5 Å². The van der Waals surface area contributed by atoms with Gasteiger partial charge in [-0.1, -0.05) is 19.1 Å². The van der Waals surface area contributed by atoms with Crippen LogP contribution >= 0.6 is 0 Å². The van der Waals surface area contributed by atoms with Gasteiger partial charge >= 0.3 is 6.36 Å². The van der Waals surface area contributed by atoms with E-state index in [0.717, 1.165) is 0 Å². The van der Waals surface area contributed by atoms with Crippen LogP contribution in [0.15, 0.2) is 24.3 Å². The van der Waals surface area contributed by atoms with Crippen molar-refractivity contribution in [3.05, 3.63) is 29.8 Å². The lowest BCUT2D eigenvalue weighted by molar-refractivity contribution is -0.274. The van der Waals surface area contributed by atoms with Gasteiger partial charge in [-0.05, 0) is 24.2 Å². The predicted molar refractivity (Wildman–Crippen MR) is 61.2 cm³/mol. The number of halogens is 3. The highest BCUT2D eigenvalue weighted by Crippen LogP contribution is 2.23. The second-order valence-corrected chi connectivity index (χ2v) is 3.79. The fourth-order valence-corrected chi connectivity index (χ4v) is 1.59. The first-order valence-corrected chi connectivity index (χ1v) is 5.62. The zero-order chi connectivity index (χ0) is 13.6. The van der Waals surface area contributed by atoms with Gasteiger partial charge < -0.3 is 9.84 Å². The first-order chi connectivity index (χ1) is 8.44. The number of ether oxygens (including phenoxy) is 1. The molecule has 0 aliphatic heterocycles. The lowest BCUT2D eigenvalue weighted by Gasteiger charge is -2.19. The summed E-state index contributed by atoms with van der Waals surface area (Å²) in [6.45, 7) is 3.62. The van der Waals surface area contributed by atoms with E-state index in [1.165, 1.54) is 18.2 Å². The summed E-state index contributed by atoms with van der Waals surface area (Å²) in [5, 5.41) is 8.84. The lowest BCUT2D eigenvalue weighted by atomic mass is 10.2. The van der Waals surface area contributed by atoms with Crippen molar-refractivity contribution < 1.29 is 23.0 Å². The number of aliphatic hydroxyl groups is 1. The summed E-state index contributed by atoms with van der Waals surface area (Å²) in [6.07, 6.45) is -4.67. The van der Waals surface area contributed by atoms with Gasteiger partial charge in [-0.25, -0.2) is 0 Å². The molecule has 0 aliphatic rings. The first kappa shape index (κ1) is 14.8. The normalized spacial score (nSPS) is 11.9. The number of hydrogen-bond acceptors (Lipinski definition) is 3. The zero-order valence-corrected chi connectivity index (χ0v) is 10.1. The van der Waals surface area contributed by atoms with Gasteiger partial charge in [-0.15, -0.1) is 13.2 Å². The molecule has 0 fully saturated rings. The van der Waals surface area contributed by atoms with Crippen molar-refractivity contribution in [1.29, 1.82) is 0 Å². The Labute approximate surface area is 104 Å². The molecule has 0 aliphatic carbocycles. The summed E-state index contributed by atoms with van der Waals surface area (Å²) in [6, 6.07) is 5.86. The van der Waals surface area contributed by atoms with Gasteiger partial charge in [-0.3, -0.25) is 4.90 Å². The van der Waals surface area contributed by atoms with Crippen LogP contribution in [0.4, 0.5) is 13.2 Å². The van der Waals surface area contributed by atoms with Gasteiger partial charge in [-0.2, -0.15) is 0 Å². The lowest BCUT2D eigenvalue weighted by Crippen LogP contribution is -2.26. The van der Waals surface area contributed by atoms with E-state index < -0.39 is 6.36 Å². The highest BCUT2D eigenvalue weighted by Gasteiger charge is 2.31. The minimum absolute atomic E-state index is 0.0204. The highest BCUT2D eigenvalue weighted by atomic mass is 19.4. The highest BCUT2D eigenvalue weighted by molar-refractivity contribution is 5.28. The van der Waals surface area contributed by atoms with Crippen molar-refractivity contribution in [1.82, 2.24) is 4.90 Å². The van der Waals surface area contributed by atoms with Crippen LogP contribution in [-0.2, 0) is 6.54 Å². The Morgan fingerprint density at radius 3 is 2.61 bits per heavy atom. The fraction of sp³-hybridized carbons (Fsp3) is 0.500. The molecule has 0 unspecified atom stereocenters. The van der Waals surface area contributed by atoms with E-state index in [1.54, 1.807) is 6.07 Å². The molecule has 0 radical (unpaired) electrons. The molecule has 0 spiro atoms. The van der Waals surface area contributed by atoms with Crippen molar-refractivity contribution >= 4 is 0 Å². The number of benzene rings is 1. The summed E-state index contributed by atoms with van der Waals surface area (Å²) in [5.74, 6) is -0.222. The number of rotatable bonds is 6. The SMILES string of the molecule is CCN(CCO)Cc1cccc(OC(F)(F)F)c1. The van der Waals surface area contributed by atoms with Gasteiger partial charge in [0.1, 0.15) is 5.75 Å². The van der Waals surface area contributed by atoms with Gasteiger partial charge in [0.25, 0.3) is 0 Å². The van der Waals surface area contributed by atoms with E-state index in [-0.39, 0.29) is 12.4 Å². The maximum absolute atomic E-state index is 12.1. The third kappa shape index (κ3) is 5.37. The molecule has 0 saturated carbocycles. The van der Waals surface area contributed by atoms with Gasteiger partial charge in [0.15, 0.2) is 0 Å². The van der Waals surface area contributed by atoms with Gasteiger partial charge in [0, 0.05) is 13.1 Å². The summed E-state index contributed by atoms with van der Waals surface area (Å²) < 4.78 is 40.0. The molecule has 1 rings (SSSR count). The Morgan fingerprint density at radius 1 is 1.33 bits per heavy atom. The van der Waals surface area contributed by atoms with E-state index in [4.69, 9.17) is 5.11 Å². The summed E-state index contributed by atoms with van der Waals surface area (Å²) in [5.41, 5.74) is 0.715. The molecule has 102 valence electrons. The fourth-order valence-electron chi connectivity index (χ4n) is 1.59. The van der Waals surface area contributed by atoms with Crippen LogP contribution in [0.2, 0.25) is 0 Å². The Morgan fingerprint density at radius 2 is 2.06 bits per heavy atom. The molecular formula is C12H16F3NO2. The van der Waals surface area contributed by atoms with Crippen LogP contribution in [0.25, 0.3) is 0 Å². The molecule has 6 heteroatoms. The largest absolute Gasteiger partial charge is 0.573 e. The van der Waals surface area contributed by atoms with E-state index in [2.05, 4.69) is 4.74 Å². The molecule has 1 N–H and O–H groups in total. The molecule has 0 atom stereocenters. The Bertz CT molecular complexity index is 369. The van der Waals surface area contributed by atoms with Crippen LogP contribution in [0.3, 0.4) is 0 Å². The first-order valence-electron chi connectivity index (χ1n) is 5.62. The van der Waals surface area contributed by atoms with E-state index in [1.807, 2.05) is 11.8 Å². The molecule has 0 saturated heterocycles. The standard InChI is InChI=1S/C12H16F3NO2/c1-2-16(6-7-17)9-10-4-3-5-11(8-10)18-12(13,14)15/h3-5,8,17H,2,6-7,9H2,1H3. The van der Waals surface area contributed by atoms with Gasteiger partial charge in [0.2, 0.25) is 0 Å². The second kappa shape index (κ2) is 6.61. The third-order valence-electron chi connectivity index (χ3n) is 2.40. The molecule has 18 heavy (non-hydrogen) atoms. The number of hydrogen-bond donors (Lipinski definition) is 1. The average Bonchev–Trinajstić information content (AvgIpc) is 2.26. The Balaban J connectivity index is 2.69. The number of alkyl halides is 3. The molecule has 0 aromatic heterocycles. The summed E-state index contributed by atoms with van der Waals surface area (Å²) in [4.78, 5) is 1.92. The van der Waals surface area contributed by atoms with Crippen LogP contribution < -0.4 is 4.74 Å². The Hall–Kier alpha value is -1.27. The summed E-state index contributed by atoms with van der Waals surface area (Å²) >= 11 is 0. The molecule has 0 heterocycles. The number of aliphatic hydroxyl groups excluding tert-OH is 1. The average molecular weight is 263 g/mol. The van der Waals surface area contributed by atoms with Crippen molar-refractivity contribution in [2.24, 2.45) is 0 Å². The third-order valence-corrected chi connectivity index (χ3v) is 2.40. The van der Waals surface area contributed by atoms with E-state index >= 15 is 0 Å². The maximum Gasteiger partial charge on any atom is 0.573 e. The zero-order valence-electron chi connectivity index (χ0n) is 10.1. The molecule has 0 bridgehead atoms. The van der Waals surface area contributed by atoms with Crippen LogP contribution in [-0.4, -0.2) is 36.1 Å². The van der Waals surface area contributed by atoms with E-state index in [9.17, 15) is 13.2 Å². The maximum atomic E-state index is 12.1. The molecular weight excluding hydrogens is 247 g/mol. The van der Waals surface area contributed by atoms with Crippen molar-refractivity contribution in [3.8, 4) is 5.75 Å². The molecule has 3 nitrogen and oxygen atoms in total. The van der Waals surface area contributed by atoms with Crippen molar-refractivity contribution in [2.45, 2.75) is 19.8 Å². The smallest absolute Gasteiger partial charge is 0.406 e. The Kier molecular flexibility index (Phi) is 5.43. The van der Waals surface area contributed by atoms with E-state index in [0.29, 0.717) is 25.2 Å². The second-order valence-electron chi connectivity index (χ2n) is 3.79. The predicted octanol–water partition coefficient (Wildman–Crippen LogP) is 2.40. The number of likely N-dealkylation sites (N-methyl/N-ethyl adjacent to an activating group) is 1. The minimum atomic E-state index is -4.67. The molecule has 1 aromatic carbocycles. The quantitative estimate of drug-likeness (QED) is 0.855. The summed E-state index contributed by atoms with van der Waals surface area (Å²) in [7, 11) is 0. The van der Waals surface area contributed by atoms with Crippen molar-refractivity contribution in [2.75, 3.05) is 19.7 Å². The van der Waals surface area contributed by atoms with Crippen LogP contribution in [0.5, 0.6) is 5.75 Å². The van der Waals surface area contributed by atoms with Gasteiger partial charge in [0.05, 0.1) is 6.61 Å². The topological polar surface area (TPSA) is 32.7 Å².